The molecule has 1 aromatic carbocycles. The molecule has 2 aliphatic rings. The normalized spacial score (nSPS) is 15.5. The van der Waals surface area contributed by atoms with Gasteiger partial charge in [0.1, 0.15) is 6.61 Å². The van der Waals surface area contributed by atoms with E-state index in [1.165, 1.54) is 0 Å². The third-order valence-corrected chi connectivity index (χ3v) is 7.47. The van der Waals surface area contributed by atoms with Gasteiger partial charge in [0.25, 0.3) is 5.91 Å². The van der Waals surface area contributed by atoms with E-state index in [9.17, 15) is 4.79 Å². The molecule has 194 valence electrons. The van der Waals surface area contributed by atoms with Crippen molar-refractivity contribution in [1.29, 1.82) is 0 Å². The number of H-pyrrole nitrogens is 1. The monoisotopic (exact) mass is 517 g/mol. The number of anilines is 1. The second kappa shape index (κ2) is 9.77. The van der Waals surface area contributed by atoms with Crippen LogP contribution < -0.4 is 9.64 Å². The molecule has 0 bridgehead atoms. The first-order chi connectivity index (χ1) is 19.0. The summed E-state index contributed by atoms with van der Waals surface area (Å²) >= 11 is 0. The van der Waals surface area contributed by atoms with E-state index in [4.69, 9.17) is 21.1 Å². The van der Waals surface area contributed by atoms with Crippen molar-refractivity contribution in [3.63, 3.8) is 0 Å². The van der Waals surface area contributed by atoms with Gasteiger partial charge in [0, 0.05) is 48.7 Å². The lowest BCUT2D eigenvalue weighted by atomic mass is 9.79. The molecular formula is C30H27N7O2. The first-order valence-corrected chi connectivity index (χ1v) is 12.8. The summed E-state index contributed by atoms with van der Waals surface area (Å²) in [7, 11) is 0. The zero-order chi connectivity index (χ0) is 27.0. The standard InChI is InChI=1S/C30H27N7O2/c1-4-8-25(38)37-18-30(19-37)12-14-36(17-30)28-22(5-2)27(26-20(3)10-11-24-23(26)15-32-35-24)33-29(34-28)39-16-21-9-6-7-13-31-21/h2,6-7,9-11,13,15H,12,14,16-19H2,1,3H3,(H,32,35). The van der Waals surface area contributed by atoms with Crippen LogP contribution in [0.4, 0.5) is 5.82 Å². The van der Waals surface area contributed by atoms with Crippen molar-refractivity contribution in [1.82, 2.24) is 30.0 Å². The minimum atomic E-state index is -0.121. The van der Waals surface area contributed by atoms with Crippen molar-refractivity contribution in [3.8, 4) is 41.5 Å². The maximum absolute atomic E-state index is 12.2. The van der Waals surface area contributed by atoms with Crippen molar-refractivity contribution in [2.45, 2.75) is 26.9 Å². The molecule has 9 nitrogen and oxygen atoms in total. The Balaban J connectivity index is 1.40. The number of likely N-dealkylation sites (tertiary alicyclic amines) is 1. The van der Waals surface area contributed by atoms with Gasteiger partial charge in [-0.25, -0.2) is 0 Å². The van der Waals surface area contributed by atoms with Crippen LogP contribution in [0.3, 0.4) is 0 Å². The number of nitrogens with one attached hydrogen (secondary N) is 1. The molecule has 39 heavy (non-hydrogen) atoms. The predicted molar refractivity (Wildman–Crippen MR) is 148 cm³/mol. The third kappa shape index (κ3) is 4.42. The van der Waals surface area contributed by atoms with Gasteiger partial charge in [-0.15, -0.1) is 6.42 Å². The number of hydrogen-bond donors (Lipinski definition) is 1. The Bertz CT molecular complexity index is 1670. The number of carbonyl (C=O) groups excluding carboxylic acids is 1. The molecule has 3 aromatic heterocycles. The summed E-state index contributed by atoms with van der Waals surface area (Å²) in [5.41, 5.74) is 4.82. The Labute approximate surface area is 226 Å². The number of ether oxygens (including phenoxy) is 1. The molecule has 1 spiro atoms. The van der Waals surface area contributed by atoms with Gasteiger partial charge >= 0.3 is 6.01 Å². The van der Waals surface area contributed by atoms with Crippen LogP contribution in [-0.4, -0.2) is 62.1 Å². The fourth-order valence-electron chi connectivity index (χ4n) is 5.57. The number of aromatic nitrogens is 5. The number of pyridine rings is 1. The second-order valence-corrected chi connectivity index (χ2v) is 10.1. The van der Waals surface area contributed by atoms with Gasteiger partial charge in [0.15, 0.2) is 5.82 Å². The Hall–Kier alpha value is -4.89. The van der Waals surface area contributed by atoms with E-state index in [1.54, 1.807) is 24.2 Å². The highest BCUT2D eigenvalue weighted by Gasteiger charge is 2.49. The topological polar surface area (TPSA) is 100 Å². The quantitative estimate of drug-likeness (QED) is 0.405. The van der Waals surface area contributed by atoms with E-state index in [2.05, 4.69) is 37.8 Å². The van der Waals surface area contributed by atoms with Gasteiger partial charge in [0.05, 0.1) is 28.7 Å². The van der Waals surface area contributed by atoms with Crippen molar-refractivity contribution in [2.24, 2.45) is 5.41 Å². The first-order valence-electron chi connectivity index (χ1n) is 12.8. The lowest BCUT2D eigenvalue weighted by Gasteiger charge is -2.47. The van der Waals surface area contributed by atoms with E-state index >= 15 is 0 Å². The minimum Gasteiger partial charge on any atom is -0.457 e. The number of aryl methyl sites for hydroxylation is 1. The first kappa shape index (κ1) is 24.4. The van der Waals surface area contributed by atoms with Crippen LogP contribution in [0.15, 0.2) is 42.7 Å². The highest BCUT2D eigenvalue weighted by atomic mass is 16.5. The number of benzene rings is 1. The fourth-order valence-corrected chi connectivity index (χ4v) is 5.57. The predicted octanol–water partition coefficient (Wildman–Crippen LogP) is 3.35. The van der Waals surface area contributed by atoms with Crippen LogP contribution in [0.1, 0.15) is 30.2 Å². The summed E-state index contributed by atoms with van der Waals surface area (Å²) in [5.74, 6) is 8.76. The molecule has 0 radical (unpaired) electrons. The molecule has 0 aliphatic carbocycles. The molecule has 2 saturated heterocycles. The van der Waals surface area contributed by atoms with Gasteiger partial charge in [0.2, 0.25) is 0 Å². The van der Waals surface area contributed by atoms with Gasteiger partial charge in [-0.1, -0.05) is 24.0 Å². The maximum Gasteiger partial charge on any atom is 0.319 e. The number of amides is 1. The van der Waals surface area contributed by atoms with Crippen LogP contribution in [0.2, 0.25) is 0 Å². The van der Waals surface area contributed by atoms with Crippen LogP contribution in [0.5, 0.6) is 6.01 Å². The molecule has 1 amide bonds. The molecule has 6 rings (SSSR count). The second-order valence-electron chi connectivity index (χ2n) is 10.1. The summed E-state index contributed by atoms with van der Waals surface area (Å²) in [6.45, 7) is 6.79. The maximum atomic E-state index is 12.2. The van der Waals surface area contributed by atoms with Crippen LogP contribution >= 0.6 is 0 Å². The molecule has 0 atom stereocenters. The molecule has 0 unspecified atom stereocenters. The Morgan fingerprint density at radius 3 is 2.85 bits per heavy atom. The van der Waals surface area contributed by atoms with Crippen molar-refractivity contribution in [2.75, 3.05) is 31.1 Å². The van der Waals surface area contributed by atoms with Crippen molar-refractivity contribution < 1.29 is 9.53 Å². The lowest BCUT2D eigenvalue weighted by molar-refractivity contribution is -0.135. The molecule has 5 heterocycles. The van der Waals surface area contributed by atoms with Gasteiger partial charge in [-0.2, -0.15) is 15.1 Å². The van der Waals surface area contributed by atoms with Crippen LogP contribution in [-0.2, 0) is 11.4 Å². The largest absolute Gasteiger partial charge is 0.457 e. The Kier molecular flexibility index (Phi) is 6.12. The zero-order valence-corrected chi connectivity index (χ0v) is 21.9. The van der Waals surface area contributed by atoms with E-state index < -0.39 is 0 Å². The van der Waals surface area contributed by atoms with E-state index in [1.807, 2.05) is 37.3 Å². The summed E-state index contributed by atoms with van der Waals surface area (Å²) in [5, 5.41) is 8.21. The summed E-state index contributed by atoms with van der Waals surface area (Å²) < 4.78 is 6.08. The SMILES string of the molecule is C#Cc1c(-c2c(C)ccc3[nH]ncc23)nc(OCc2ccccn2)nc1N1CCC2(CN(C(=O)C#CC)C2)C1. The molecule has 2 fully saturated rings. The Morgan fingerprint density at radius 2 is 2.08 bits per heavy atom. The Morgan fingerprint density at radius 1 is 1.21 bits per heavy atom. The number of rotatable bonds is 5. The highest BCUT2D eigenvalue weighted by molar-refractivity contribution is 5.97. The number of aromatic amines is 1. The summed E-state index contributed by atoms with van der Waals surface area (Å²) in [6, 6.07) is 9.92. The summed E-state index contributed by atoms with van der Waals surface area (Å²) in [4.78, 5) is 30.3. The third-order valence-electron chi connectivity index (χ3n) is 7.47. The number of carbonyl (C=O) groups is 1. The van der Waals surface area contributed by atoms with Crippen LogP contribution in [0.25, 0.3) is 22.2 Å². The molecule has 2 aliphatic heterocycles. The number of hydrogen-bond acceptors (Lipinski definition) is 7. The average Bonchev–Trinajstić information content (AvgIpc) is 3.59. The zero-order valence-electron chi connectivity index (χ0n) is 21.9. The van der Waals surface area contributed by atoms with Gasteiger partial charge in [-0.3, -0.25) is 14.9 Å². The smallest absolute Gasteiger partial charge is 0.319 e. The van der Waals surface area contributed by atoms with Crippen molar-refractivity contribution >= 4 is 22.6 Å². The molecular weight excluding hydrogens is 490 g/mol. The lowest BCUT2D eigenvalue weighted by Crippen LogP contribution is -2.59. The van der Waals surface area contributed by atoms with E-state index in [-0.39, 0.29) is 23.9 Å². The van der Waals surface area contributed by atoms with E-state index in [0.29, 0.717) is 30.2 Å². The molecule has 9 heteroatoms. The number of nitrogens with zero attached hydrogens (tertiary/aromatic N) is 6. The molecule has 0 saturated carbocycles. The van der Waals surface area contributed by atoms with Crippen molar-refractivity contribution in [3.05, 3.63) is 59.5 Å². The number of fused-ring (bicyclic) bond motifs is 1. The van der Waals surface area contributed by atoms with Gasteiger partial charge < -0.3 is 14.5 Å². The van der Waals surface area contributed by atoms with Crippen LogP contribution in [0, 0.1) is 36.5 Å². The van der Waals surface area contributed by atoms with Gasteiger partial charge in [-0.05, 0) is 50.0 Å². The molecule has 1 N–H and O–H groups in total. The number of terminal acetylenes is 1. The summed E-state index contributed by atoms with van der Waals surface area (Å²) in [6.07, 6.45) is 10.6. The minimum absolute atomic E-state index is 0.00245. The average molecular weight is 518 g/mol. The van der Waals surface area contributed by atoms with E-state index in [0.717, 1.165) is 47.2 Å². The fraction of sp³-hybridized carbons (Fsp3) is 0.300. The highest BCUT2D eigenvalue weighted by Crippen LogP contribution is 2.43. The molecule has 4 aromatic rings.